The van der Waals surface area contributed by atoms with Crippen molar-refractivity contribution in [3.8, 4) is 5.75 Å². The summed E-state index contributed by atoms with van der Waals surface area (Å²) in [5, 5.41) is 18.9. The maximum absolute atomic E-state index is 11.2. The van der Waals surface area contributed by atoms with E-state index >= 15 is 0 Å². The van der Waals surface area contributed by atoms with Crippen molar-refractivity contribution >= 4 is 51.2 Å². The third kappa shape index (κ3) is 3.38. The lowest BCUT2D eigenvalue weighted by Crippen LogP contribution is -2.03. The summed E-state index contributed by atoms with van der Waals surface area (Å²) in [6.45, 7) is 0. The van der Waals surface area contributed by atoms with Gasteiger partial charge in [0.25, 0.3) is 0 Å². The topological polar surface area (TPSA) is 57.5 Å². The fourth-order valence-corrected chi connectivity index (χ4v) is 3.72. The Morgan fingerprint density at radius 2 is 1.68 bits per heavy atom. The lowest BCUT2D eigenvalue weighted by Gasteiger charge is -2.08. The van der Waals surface area contributed by atoms with Crippen LogP contribution in [0.15, 0.2) is 36.4 Å². The van der Waals surface area contributed by atoms with Gasteiger partial charge in [0.15, 0.2) is 0 Å². The number of aromatic carboxylic acids is 1. The molecular formula is C14H10I2O3. The summed E-state index contributed by atoms with van der Waals surface area (Å²) < 4.78 is 1.54. The zero-order valence-electron chi connectivity index (χ0n) is 9.73. The van der Waals surface area contributed by atoms with Crippen molar-refractivity contribution in [2.45, 2.75) is 6.42 Å². The van der Waals surface area contributed by atoms with E-state index in [1.807, 2.05) is 24.3 Å². The van der Waals surface area contributed by atoms with Crippen molar-refractivity contribution < 1.29 is 15.0 Å². The van der Waals surface area contributed by atoms with Crippen molar-refractivity contribution in [3.63, 3.8) is 0 Å². The van der Waals surface area contributed by atoms with Gasteiger partial charge in [-0.25, -0.2) is 4.79 Å². The van der Waals surface area contributed by atoms with Crippen molar-refractivity contribution in [2.24, 2.45) is 0 Å². The van der Waals surface area contributed by atoms with E-state index in [0.717, 1.165) is 18.3 Å². The highest BCUT2D eigenvalue weighted by molar-refractivity contribution is 14.1. The van der Waals surface area contributed by atoms with Gasteiger partial charge >= 0.3 is 5.97 Å². The van der Waals surface area contributed by atoms with Gasteiger partial charge in [0.1, 0.15) is 5.75 Å². The van der Waals surface area contributed by atoms with E-state index in [9.17, 15) is 9.90 Å². The first-order valence-electron chi connectivity index (χ1n) is 5.47. The minimum absolute atomic E-state index is 0.275. The largest absolute Gasteiger partial charge is 0.506 e. The van der Waals surface area contributed by atoms with E-state index in [4.69, 9.17) is 5.11 Å². The molecule has 0 radical (unpaired) electrons. The molecule has 0 aliphatic heterocycles. The second kappa shape index (κ2) is 6.08. The number of aromatic hydroxyl groups is 1. The van der Waals surface area contributed by atoms with E-state index in [0.29, 0.717) is 12.0 Å². The molecule has 0 amide bonds. The van der Waals surface area contributed by atoms with Gasteiger partial charge in [0, 0.05) is 0 Å². The third-order valence-corrected chi connectivity index (χ3v) is 4.36. The molecule has 0 saturated heterocycles. The average Bonchev–Trinajstić information content (AvgIpc) is 2.36. The average molecular weight is 480 g/mol. The molecule has 2 N–H and O–H groups in total. The van der Waals surface area contributed by atoms with Gasteiger partial charge in [-0.05, 0) is 80.9 Å². The van der Waals surface area contributed by atoms with Crippen molar-refractivity contribution in [1.82, 2.24) is 0 Å². The molecule has 0 bridgehead atoms. The van der Waals surface area contributed by atoms with Crippen molar-refractivity contribution in [2.75, 3.05) is 0 Å². The zero-order valence-corrected chi connectivity index (χ0v) is 14.0. The Morgan fingerprint density at radius 1 is 1.11 bits per heavy atom. The molecule has 19 heavy (non-hydrogen) atoms. The third-order valence-electron chi connectivity index (χ3n) is 2.72. The van der Waals surface area contributed by atoms with Gasteiger partial charge in [-0.15, -0.1) is 0 Å². The van der Waals surface area contributed by atoms with Gasteiger partial charge < -0.3 is 10.2 Å². The van der Waals surface area contributed by atoms with Crippen LogP contribution in [0.4, 0.5) is 0 Å². The Labute approximate surface area is 137 Å². The van der Waals surface area contributed by atoms with Crippen LogP contribution in [-0.2, 0) is 6.42 Å². The van der Waals surface area contributed by atoms with Crippen LogP contribution in [0.25, 0.3) is 0 Å². The molecule has 2 aromatic carbocycles. The molecule has 98 valence electrons. The van der Waals surface area contributed by atoms with Crippen LogP contribution in [0.3, 0.4) is 0 Å². The molecule has 0 aromatic heterocycles. The minimum Gasteiger partial charge on any atom is -0.506 e. The fraction of sp³-hybridized carbons (Fsp3) is 0.0714. The van der Waals surface area contributed by atoms with Gasteiger partial charge in [-0.3, -0.25) is 0 Å². The molecule has 0 aliphatic rings. The first kappa shape index (κ1) is 14.6. The molecule has 0 atom stereocenters. The summed E-state index contributed by atoms with van der Waals surface area (Å²) in [5.41, 5.74) is 2.08. The number of benzene rings is 2. The normalized spacial score (nSPS) is 10.4. The molecule has 2 aromatic rings. The van der Waals surface area contributed by atoms with Crippen LogP contribution >= 0.6 is 45.2 Å². The highest BCUT2D eigenvalue weighted by Gasteiger charge is 2.11. The van der Waals surface area contributed by atoms with E-state index in [2.05, 4.69) is 45.2 Å². The van der Waals surface area contributed by atoms with Gasteiger partial charge in [0.05, 0.1) is 12.7 Å². The molecule has 5 heteroatoms. The van der Waals surface area contributed by atoms with Gasteiger partial charge in [0.2, 0.25) is 0 Å². The second-order valence-corrected chi connectivity index (χ2v) is 6.37. The van der Waals surface area contributed by atoms with E-state index < -0.39 is 5.97 Å². The smallest absolute Gasteiger partial charge is 0.335 e. The van der Waals surface area contributed by atoms with Crippen LogP contribution < -0.4 is 0 Å². The number of carboxylic acid groups (broad SMARTS) is 1. The molecule has 0 heterocycles. The lowest BCUT2D eigenvalue weighted by atomic mass is 10.00. The van der Waals surface area contributed by atoms with Crippen LogP contribution in [0.1, 0.15) is 21.5 Å². The first-order chi connectivity index (χ1) is 8.99. The Balaban J connectivity index is 2.39. The summed E-state index contributed by atoms with van der Waals surface area (Å²) in [4.78, 5) is 11.2. The summed E-state index contributed by atoms with van der Waals surface area (Å²) in [5.74, 6) is -0.643. The number of halogens is 2. The number of hydrogen-bond acceptors (Lipinski definition) is 2. The Kier molecular flexibility index (Phi) is 4.67. The van der Waals surface area contributed by atoms with Crippen LogP contribution in [-0.4, -0.2) is 16.2 Å². The SMILES string of the molecule is O=C(O)c1ccccc1Cc1cc(I)c(O)c(I)c1. The molecule has 3 nitrogen and oxygen atoms in total. The summed E-state index contributed by atoms with van der Waals surface area (Å²) in [6, 6.07) is 10.7. The number of hydrogen-bond donors (Lipinski definition) is 2. The number of carboxylic acids is 1. The second-order valence-electron chi connectivity index (χ2n) is 4.05. The highest BCUT2D eigenvalue weighted by atomic mass is 127. The minimum atomic E-state index is -0.918. The maximum Gasteiger partial charge on any atom is 0.335 e. The van der Waals surface area contributed by atoms with Crippen LogP contribution in [0.2, 0.25) is 0 Å². The molecule has 0 aliphatic carbocycles. The molecular weight excluding hydrogens is 470 g/mol. The molecule has 0 saturated carbocycles. The number of rotatable bonds is 3. The van der Waals surface area contributed by atoms with E-state index in [-0.39, 0.29) is 5.75 Å². The van der Waals surface area contributed by atoms with Crippen molar-refractivity contribution in [3.05, 3.63) is 60.2 Å². The Hall–Kier alpha value is -0.830. The fourth-order valence-electron chi connectivity index (χ4n) is 1.82. The number of phenolic OH excluding ortho intramolecular Hbond substituents is 1. The molecule has 0 unspecified atom stereocenters. The Bertz CT molecular complexity index is 615. The summed E-state index contributed by atoms with van der Waals surface area (Å²) in [6.07, 6.45) is 0.536. The molecule has 0 fully saturated rings. The van der Waals surface area contributed by atoms with Crippen LogP contribution in [0.5, 0.6) is 5.75 Å². The Morgan fingerprint density at radius 3 is 2.26 bits per heavy atom. The molecule has 2 rings (SSSR count). The number of carbonyl (C=O) groups is 1. The highest BCUT2D eigenvalue weighted by Crippen LogP contribution is 2.28. The van der Waals surface area contributed by atoms with Gasteiger partial charge in [-0.1, -0.05) is 18.2 Å². The van der Waals surface area contributed by atoms with Gasteiger partial charge in [-0.2, -0.15) is 0 Å². The predicted molar refractivity (Wildman–Crippen MR) is 89.7 cm³/mol. The van der Waals surface area contributed by atoms with E-state index in [1.54, 1.807) is 12.1 Å². The summed E-state index contributed by atoms with van der Waals surface area (Å²) in [7, 11) is 0. The molecule has 0 spiro atoms. The summed E-state index contributed by atoms with van der Waals surface area (Å²) >= 11 is 4.14. The maximum atomic E-state index is 11.2. The zero-order chi connectivity index (χ0) is 14.0. The quantitative estimate of drug-likeness (QED) is 0.657. The van der Waals surface area contributed by atoms with Crippen LogP contribution in [0, 0.1) is 7.14 Å². The lowest BCUT2D eigenvalue weighted by molar-refractivity contribution is 0.0696. The first-order valence-corrected chi connectivity index (χ1v) is 7.63. The predicted octanol–water partition coefficient (Wildman–Crippen LogP) is 3.89. The van der Waals surface area contributed by atoms with Crippen molar-refractivity contribution in [1.29, 1.82) is 0 Å². The monoisotopic (exact) mass is 480 g/mol. The number of phenols is 1. The standard InChI is InChI=1S/C14H10I2O3/c15-11-6-8(7-12(16)13(11)17)5-9-3-1-2-4-10(9)14(18)19/h1-4,6-7,17H,5H2,(H,18,19). The van der Waals surface area contributed by atoms with E-state index in [1.165, 1.54) is 0 Å².